The number of methoxy groups -OCH3 is 1. The van der Waals surface area contributed by atoms with Crippen molar-refractivity contribution in [1.82, 2.24) is 24.9 Å². The van der Waals surface area contributed by atoms with Gasteiger partial charge in [0, 0.05) is 59.0 Å². The van der Waals surface area contributed by atoms with Crippen LogP contribution >= 0.6 is 0 Å². The number of aryl methyl sites for hydroxylation is 1. The molecule has 1 aromatic carbocycles. The Hall–Kier alpha value is -3.27. The molecule has 2 aromatic rings. The lowest BCUT2D eigenvalue weighted by molar-refractivity contribution is 0.0724. The number of hydrogen-bond donors (Lipinski definition) is 1. The van der Waals surface area contributed by atoms with Crippen molar-refractivity contribution in [2.45, 2.75) is 61.7 Å². The van der Waals surface area contributed by atoms with Crippen LogP contribution in [0.2, 0.25) is 0 Å². The van der Waals surface area contributed by atoms with Gasteiger partial charge in [-0.25, -0.2) is 8.42 Å². The molecule has 220 valence electrons. The Labute approximate surface area is 241 Å². The van der Waals surface area contributed by atoms with Crippen molar-refractivity contribution in [3.8, 4) is 6.07 Å². The van der Waals surface area contributed by atoms with E-state index in [-0.39, 0.29) is 36.7 Å². The highest BCUT2D eigenvalue weighted by atomic mass is 32.2. The number of aromatic nitrogens is 2. The maximum absolute atomic E-state index is 14.0. The normalized spacial score (nSPS) is 20.5. The second-order valence-corrected chi connectivity index (χ2v) is 15.1. The summed E-state index contributed by atoms with van der Waals surface area (Å²) in [4.78, 5) is 30.4. The third-order valence-corrected chi connectivity index (χ3v) is 12.0. The summed E-state index contributed by atoms with van der Waals surface area (Å²) in [5.41, 5.74) is 2.50. The smallest absolute Gasteiger partial charge is 0.272 e. The summed E-state index contributed by atoms with van der Waals surface area (Å²) in [5, 5.41) is 16.2. The predicted octanol–water partition coefficient (Wildman–Crippen LogP) is 1.67. The molecule has 0 unspecified atom stereocenters. The maximum Gasteiger partial charge on any atom is 0.272 e. The van der Waals surface area contributed by atoms with E-state index in [4.69, 9.17) is 10.00 Å². The molecule has 1 atom stereocenters. The van der Waals surface area contributed by atoms with Crippen LogP contribution in [-0.4, -0.2) is 95.2 Å². The molecule has 1 saturated heterocycles. The highest BCUT2D eigenvalue weighted by molar-refractivity contribution is 7.94. The zero-order valence-corrected chi connectivity index (χ0v) is 25.0. The van der Waals surface area contributed by atoms with Crippen LogP contribution in [0.25, 0.3) is 0 Å². The fraction of sp³-hybridized carbons (Fsp3) is 0.586. The van der Waals surface area contributed by atoms with E-state index in [2.05, 4.69) is 21.4 Å². The van der Waals surface area contributed by atoms with Gasteiger partial charge >= 0.3 is 0 Å². The molecule has 2 amide bonds. The Morgan fingerprint density at radius 1 is 1.24 bits per heavy atom. The van der Waals surface area contributed by atoms with Crippen molar-refractivity contribution < 1.29 is 22.7 Å². The van der Waals surface area contributed by atoms with Gasteiger partial charge in [0.2, 0.25) is 0 Å². The third-order valence-electron chi connectivity index (χ3n) is 8.77. The standard InChI is InChI=1S/C29H38N6O5S/c1-28(2,18-34-13-9-22(17-34)40-4)41(38,39)29(11-12-29)19-35-14-10-23-24(32-33(3)25(23)27(35)37)26(36)31-16-21-7-5-20(15-30)6-8-21/h5-8,22H,9-14,16-19H2,1-4H3,(H,31,36)/t22-/m1/s1. The van der Waals surface area contributed by atoms with E-state index in [9.17, 15) is 18.0 Å². The van der Waals surface area contributed by atoms with Crippen LogP contribution in [0.15, 0.2) is 24.3 Å². The van der Waals surface area contributed by atoms with Crippen LogP contribution in [0.4, 0.5) is 0 Å². The molecule has 1 N–H and O–H groups in total. The minimum absolute atomic E-state index is 0.130. The van der Waals surface area contributed by atoms with E-state index in [1.807, 2.05) is 0 Å². The lowest BCUT2D eigenvalue weighted by Crippen LogP contribution is -2.53. The summed E-state index contributed by atoms with van der Waals surface area (Å²) in [5.74, 6) is -0.678. The third kappa shape index (κ3) is 5.38. The topological polar surface area (TPSA) is 138 Å². The van der Waals surface area contributed by atoms with E-state index in [0.29, 0.717) is 49.2 Å². The maximum atomic E-state index is 14.0. The molecule has 2 aliphatic heterocycles. The van der Waals surface area contributed by atoms with Crippen molar-refractivity contribution in [2.24, 2.45) is 7.05 Å². The molecule has 0 bridgehead atoms. The number of nitrogens with zero attached hydrogens (tertiary/aromatic N) is 5. The average Bonchev–Trinajstić information content (AvgIpc) is 3.48. The van der Waals surface area contributed by atoms with E-state index in [1.165, 1.54) is 4.68 Å². The first kappa shape index (κ1) is 29.2. The summed E-state index contributed by atoms with van der Waals surface area (Å²) in [7, 11) is -0.258. The van der Waals surface area contributed by atoms with E-state index < -0.39 is 19.3 Å². The molecule has 3 aliphatic rings. The second-order valence-electron chi connectivity index (χ2n) is 12.1. The van der Waals surface area contributed by atoms with Gasteiger partial charge in [-0.3, -0.25) is 19.2 Å². The molecular formula is C29H38N6O5S. The van der Waals surface area contributed by atoms with Gasteiger partial charge < -0.3 is 15.0 Å². The molecule has 3 heterocycles. The molecular weight excluding hydrogens is 544 g/mol. The zero-order chi connectivity index (χ0) is 29.6. The monoisotopic (exact) mass is 582 g/mol. The lowest BCUT2D eigenvalue weighted by atomic mass is 10.0. The number of amides is 2. The van der Waals surface area contributed by atoms with Gasteiger partial charge in [0.15, 0.2) is 15.5 Å². The number of carbonyl (C=O) groups is 2. The summed E-state index contributed by atoms with van der Waals surface area (Å²) in [6, 6.07) is 9.00. The number of likely N-dealkylation sites (tertiary alicyclic amines) is 1. The van der Waals surface area contributed by atoms with Gasteiger partial charge in [-0.05, 0) is 57.2 Å². The Kier molecular flexibility index (Phi) is 7.74. The van der Waals surface area contributed by atoms with Gasteiger partial charge in [0.25, 0.3) is 11.8 Å². The largest absolute Gasteiger partial charge is 0.380 e. The quantitative estimate of drug-likeness (QED) is 0.447. The van der Waals surface area contributed by atoms with Crippen LogP contribution in [0.1, 0.15) is 70.8 Å². The Morgan fingerprint density at radius 2 is 1.95 bits per heavy atom. The molecule has 41 heavy (non-hydrogen) atoms. The highest BCUT2D eigenvalue weighted by Crippen LogP contribution is 2.49. The number of nitrogens with one attached hydrogen (secondary N) is 1. The van der Waals surface area contributed by atoms with Gasteiger partial charge in [-0.2, -0.15) is 10.4 Å². The summed E-state index contributed by atoms with van der Waals surface area (Å²) in [6.07, 6.45) is 2.50. The van der Waals surface area contributed by atoms with E-state index in [0.717, 1.165) is 25.1 Å². The molecule has 2 fully saturated rings. The van der Waals surface area contributed by atoms with Crippen molar-refractivity contribution in [3.05, 3.63) is 52.3 Å². The van der Waals surface area contributed by atoms with Gasteiger partial charge in [-0.1, -0.05) is 12.1 Å². The Bertz CT molecular complexity index is 1490. The van der Waals surface area contributed by atoms with Crippen LogP contribution < -0.4 is 5.32 Å². The number of rotatable bonds is 10. The number of sulfone groups is 1. The van der Waals surface area contributed by atoms with Crippen LogP contribution in [0, 0.1) is 11.3 Å². The molecule has 12 heteroatoms. The number of fused-ring (bicyclic) bond motifs is 1. The first-order chi connectivity index (χ1) is 19.4. The molecule has 0 radical (unpaired) electrons. The molecule has 5 rings (SSSR count). The van der Waals surface area contributed by atoms with Gasteiger partial charge in [-0.15, -0.1) is 0 Å². The molecule has 1 aliphatic carbocycles. The second kappa shape index (κ2) is 10.9. The molecule has 0 spiro atoms. The number of benzene rings is 1. The Balaban J connectivity index is 1.27. The fourth-order valence-electron chi connectivity index (χ4n) is 6.21. The highest BCUT2D eigenvalue weighted by Gasteiger charge is 2.61. The van der Waals surface area contributed by atoms with Crippen LogP contribution in [-0.2, 0) is 34.6 Å². The summed E-state index contributed by atoms with van der Waals surface area (Å²) in [6.45, 7) is 6.27. The molecule has 1 aromatic heterocycles. The minimum atomic E-state index is -3.58. The van der Waals surface area contributed by atoms with Crippen LogP contribution in [0.3, 0.4) is 0 Å². The van der Waals surface area contributed by atoms with Crippen molar-refractivity contribution in [1.29, 1.82) is 5.26 Å². The zero-order valence-electron chi connectivity index (χ0n) is 24.1. The number of carbonyl (C=O) groups excluding carboxylic acids is 2. The molecule has 1 saturated carbocycles. The van der Waals surface area contributed by atoms with Crippen molar-refractivity contribution in [3.63, 3.8) is 0 Å². The predicted molar refractivity (Wildman–Crippen MR) is 152 cm³/mol. The molecule has 11 nitrogen and oxygen atoms in total. The SMILES string of the molecule is CO[C@@H]1CCN(CC(C)(C)S(=O)(=O)C2(CN3CCc4c(C(=O)NCc5ccc(C#N)cc5)nn(C)c4C3=O)CC2)C1. The Morgan fingerprint density at radius 3 is 2.56 bits per heavy atom. The first-order valence-electron chi connectivity index (χ1n) is 14.0. The van der Waals surface area contributed by atoms with Gasteiger partial charge in [0.05, 0.1) is 27.2 Å². The van der Waals surface area contributed by atoms with Crippen molar-refractivity contribution >= 4 is 21.7 Å². The summed E-state index contributed by atoms with van der Waals surface area (Å²) < 4.78 is 33.0. The first-order valence-corrected chi connectivity index (χ1v) is 15.5. The van der Waals surface area contributed by atoms with Crippen LogP contribution in [0.5, 0.6) is 0 Å². The lowest BCUT2D eigenvalue weighted by Gasteiger charge is -2.37. The fourth-order valence-corrected chi connectivity index (χ4v) is 8.70. The van der Waals surface area contributed by atoms with E-state index in [1.54, 1.807) is 57.2 Å². The summed E-state index contributed by atoms with van der Waals surface area (Å²) >= 11 is 0. The number of ether oxygens (including phenoxy) is 1. The van der Waals surface area contributed by atoms with Gasteiger partial charge in [0.1, 0.15) is 5.69 Å². The van der Waals surface area contributed by atoms with Crippen molar-refractivity contribution in [2.75, 3.05) is 39.8 Å². The van der Waals surface area contributed by atoms with E-state index >= 15 is 0 Å². The minimum Gasteiger partial charge on any atom is -0.380 e. The number of nitriles is 1. The number of hydrogen-bond acceptors (Lipinski definition) is 8. The average molecular weight is 583 g/mol.